The molecule has 2 aliphatic rings. The molecular weight excluding hydrogens is 372 g/mol. The van der Waals surface area contributed by atoms with Gasteiger partial charge in [-0.25, -0.2) is 0 Å². The van der Waals surface area contributed by atoms with Gasteiger partial charge in [0.1, 0.15) is 0 Å². The van der Waals surface area contributed by atoms with E-state index < -0.39 is 0 Å². The van der Waals surface area contributed by atoms with Gasteiger partial charge >= 0.3 is 0 Å². The predicted octanol–water partition coefficient (Wildman–Crippen LogP) is 8.74. The van der Waals surface area contributed by atoms with Gasteiger partial charge in [-0.3, -0.25) is 0 Å². The Morgan fingerprint density at radius 1 is 0.839 bits per heavy atom. The van der Waals surface area contributed by atoms with Gasteiger partial charge in [-0.15, -0.1) is 6.58 Å². The SMILES string of the molecule is C=CCCc1ccc(-c2ccc3c(c2)CCC(C2CCC(CC/C=C/C)CC2)C3)cc1. The van der Waals surface area contributed by atoms with Gasteiger partial charge in [0.15, 0.2) is 0 Å². The lowest BCUT2D eigenvalue weighted by molar-refractivity contribution is 0.185. The minimum atomic E-state index is 0.916. The summed E-state index contributed by atoms with van der Waals surface area (Å²) in [6.07, 6.45) is 21.2. The van der Waals surface area contributed by atoms with E-state index in [1.54, 1.807) is 11.1 Å². The summed E-state index contributed by atoms with van der Waals surface area (Å²) in [4.78, 5) is 0. The molecule has 0 saturated heterocycles. The van der Waals surface area contributed by atoms with Gasteiger partial charge in [-0.2, -0.15) is 0 Å². The van der Waals surface area contributed by atoms with Crippen LogP contribution in [-0.4, -0.2) is 0 Å². The van der Waals surface area contributed by atoms with Crippen LogP contribution < -0.4 is 0 Å². The summed E-state index contributed by atoms with van der Waals surface area (Å²) in [5, 5.41) is 0. The first-order chi connectivity index (χ1) is 15.3. The fourth-order valence-electron chi connectivity index (χ4n) is 5.94. The molecule has 1 fully saturated rings. The van der Waals surface area contributed by atoms with Gasteiger partial charge in [-0.05, 0) is 110 Å². The van der Waals surface area contributed by atoms with E-state index >= 15 is 0 Å². The first-order valence-electron chi connectivity index (χ1n) is 12.7. The molecule has 0 heteroatoms. The number of hydrogen-bond acceptors (Lipinski definition) is 0. The predicted molar refractivity (Wildman–Crippen MR) is 135 cm³/mol. The van der Waals surface area contributed by atoms with E-state index in [0.29, 0.717) is 0 Å². The van der Waals surface area contributed by atoms with E-state index in [9.17, 15) is 0 Å². The second-order valence-corrected chi connectivity index (χ2v) is 9.94. The molecule has 0 aliphatic heterocycles. The Hall–Kier alpha value is -2.08. The van der Waals surface area contributed by atoms with Gasteiger partial charge < -0.3 is 0 Å². The maximum absolute atomic E-state index is 3.83. The Bertz CT molecular complexity index is 861. The summed E-state index contributed by atoms with van der Waals surface area (Å²) >= 11 is 0. The van der Waals surface area contributed by atoms with Crippen molar-refractivity contribution in [2.75, 3.05) is 0 Å². The van der Waals surface area contributed by atoms with Crippen molar-refractivity contribution in [1.82, 2.24) is 0 Å². The molecule has 0 spiro atoms. The first-order valence-corrected chi connectivity index (χ1v) is 12.7. The van der Waals surface area contributed by atoms with Crippen LogP contribution in [0.5, 0.6) is 0 Å². The number of benzene rings is 2. The monoisotopic (exact) mass is 412 g/mol. The van der Waals surface area contributed by atoms with Crippen molar-refractivity contribution in [2.45, 2.75) is 77.6 Å². The van der Waals surface area contributed by atoms with Crippen LogP contribution in [-0.2, 0) is 19.3 Å². The molecule has 2 aromatic rings. The molecule has 0 bridgehead atoms. The highest BCUT2D eigenvalue weighted by molar-refractivity contribution is 5.65. The summed E-state index contributed by atoms with van der Waals surface area (Å²) in [7, 11) is 0. The molecule has 164 valence electrons. The molecule has 1 atom stereocenters. The van der Waals surface area contributed by atoms with E-state index in [1.807, 2.05) is 6.08 Å². The zero-order chi connectivity index (χ0) is 21.5. The van der Waals surface area contributed by atoms with Crippen molar-refractivity contribution >= 4 is 0 Å². The third-order valence-corrected chi connectivity index (χ3v) is 7.93. The van der Waals surface area contributed by atoms with Crippen LogP contribution in [0.1, 0.15) is 75.0 Å². The molecule has 0 heterocycles. The van der Waals surface area contributed by atoms with Crippen LogP contribution in [0.3, 0.4) is 0 Å². The van der Waals surface area contributed by atoms with E-state index in [4.69, 9.17) is 0 Å². The summed E-state index contributed by atoms with van der Waals surface area (Å²) in [5.41, 5.74) is 7.36. The zero-order valence-corrected chi connectivity index (χ0v) is 19.5. The van der Waals surface area contributed by atoms with Crippen molar-refractivity contribution in [3.63, 3.8) is 0 Å². The van der Waals surface area contributed by atoms with Gasteiger partial charge in [0.25, 0.3) is 0 Å². The van der Waals surface area contributed by atoms with Crippen molar-refractivity contribution in [3.05, 3.63) is 84.0 Å². The molecular formula is C31H40. The topological polar surface area (TPSA) is 0 Å². The average Bonchev–Trinajstić information content (AvgIpc) is 2.83. The number of hydrogen-bond donors (Lipinski definition) is 0. The lowest BCUT2D eigenvalue weighted by Gasteiger charge is -2.36. The number of rotatable bonds is 8. The summed E-state index contributed by atoms with van der Waals surface area (Å²) < 4.78 is 0. The van der Waals surface area contributed by atoms with Gasteiger partial charge in [0, 0.05) is 0 Å². The number of aryl methyl sites for hydroxylation is 2. The van der Waals surface area contributed by atoms with Crippen LogP contribution in [0.25, 0.3) is 11.1 Å². The second kappa shape index (κ2) is 11.0. The van der Waals surface area contributed by atoms with Crippen LogP contribution in [0.15, 0.2) is 67.3 Å². The summed E-state index contributed by atoms with van der Waals surface area (Å²) in [5.74, 6) is 2.86. The third-order valence-electron chi connectivity index (χ3n) is 7.93. The van der Waals surface area contributed by atoms with Gasteiger partial charge in [0.05, 0.1) is 0 Å². The molecule has 0 aromatic heterocycles. The maximum Gasteiger partial charge on any atom is -0.0181 e. The fraction of sp³-hybridized carbons (Fsp3) is 0.484. The Kier molecular flexibility index (Phi) is 7.84. The Balaban J connectivity index is 1.34. The van der Waals surface area contributed by atoms with Crippen LogP contribution in [0.4, 0.5) is 0 Å². The molecule has 0 amide bonds. The highest BCUT2D eigenvalue weighted by Crippen LogP contribution is 2.41. The third kappa shape index (κ3) is 5.79. The lowest BCUT2D eigenvalue weighted by atomic mass is 9.69. The molecule has 2 aliphatic carbocycles. The first kappa shape index (κ1) is 22.1. The smallest absolute Gasteiger partial charge is 0.0181 e. The minimum absolute atomic E-state index is 0.916. The molecule has 1 saturated carbocycles. The highest BCUT2D eigenvalue weighted by Gasteiger charge is 2.30. The van der Waals surface area contributed by atoms with E-state index in [1.165, 1.54) is 74.5 Å². The largest absolute Gasteiger partial charge is 0.103 e. The molecule has 2 aromatic carbocycles. The minimum Gasteiger partial charge on any atom is -0.103 e. The van der Waals surface area contributed by atoms with Gasteiger partial charge in [0.2, 0.25) is 0 Å². The summed E-state index contributed by atoms with van der Waals surface area (Å²) in [6.45, 7) is 5.97. The van der Waals surface area contributed by atoms with Crippen molar-refractivity contribution in [2.24, 2.45) is 17.8 Å². The van der Waals surface area contributed by atoms with Crippen LogP contribution in [0, 0.1) is 17.8 Å². The summed E-state index contributed by atoms with van der Waals surface area (Å²) in [6, 6.07) is 16.4. The molecule has 0 radical (unpaired) electrons. The number of fused-ring (bicyclic) bond motifs is 1. The Morgan fingerprint density at radius 2 is 1.61 bits per heavy atom. The zero-order valence-electron chi connectivity index (χ0n) is 19.5. The maximum atomic E-state index is 3.83. The van der Waals surface area contributed by atoms with Crippen molar-refractivity contribution < 1.29 is 0 Å². The second-order valence-electron chi connectivity index (χ2n) is 9.94. The Labute approximate surface area is 190 Å². The lowest BCUT2D eigenvalue weighted by Crippen LogP contribution is -2.26. The molecule has 0 N–H and O–H groups in total. The quantitative estimate of drug-likeness (QED) is 0.380. The van der Waals surface area contributed by atoms with Crippen molar-refractivity contribution in [3.8, 4) is 11.1 Å². The molecule has 0 nitrogen and oxygen atoms in total. The molecule has 31 heavy (non-hydrogen) atoms. The van der Waals surface area contributed by atoms with E-state index in [-0.39, 0.29) is 0 Å². The fourth-order valence-corrected chi connectivity index (χ4v) is 5.94. The normalized spacial score (nSPS) is 23.6. The van der Waals surface area contributed by atoms with E-state index in [0.717, 1.165) is 30.6 Å². The van der Waals surface area contributed by atoms with E-state index in [2.05, 4.69) is 68.1 Å². The molecule has 1 unspecified atom stereocenters. The van der Waals surface area contributed by atoms with Crippen molar-refractivity contribution in [1.29, 1.82) is 0 Å². The van der Waals surface area contributed by atoms with Crippen LogP contribution in [0.2, 0.25) is 0 Å². The number of allylic oxidation sites excluding steroid dienone is 3. The molecule has 4 rings (SSSR count). The van der Waals surface area contributed by atoms with Gasteiger partial charge in [-0.1, -0.05) is 73.5 Å². The highest BCUT2D eigenvalue weighted by atomic mass is 14.3. The standard InChI is InChI=1S/C31H40/c1-3-5-7-9-25-12-16-27(17-13-25)29-19-21-30-22-28(18-20-31(30)23-29)26-14-10-24(11-15-26)8-6-4-2/h3-5,10-11,14-15,18,20,22,25,27,29H,2,6-9,12-13,16-17,19,21,23H2,1H3/b5-3+. The average molecular weight is 413 g/mol. The van der Waals surface area contributed by atoms with Crippen LogP contribution >= 0.6 is 0 Å². The Morgan fingerprint density at radius 3 is 2.35 bits per heavy atom.